The van der Waals surface area contributed by atoms with Gasteiger partial charge in [0.1, 0.15) is 11.3 Å². The highest BCUT2D eigenvalue weighted by molar-refractivity contribution is 9.10. The zero-order valence-corrected chi connectivity index (χ0v) is 12.6. The number of fused-ring (bicyclic) bond motifs is 1. The van der Waals surface area contributed by atoms with Crippen LogP contribution >= 0.6 is 39.7 Å². The molecule has 1 aromatic heterocycles. The van der Waals surface area contributed by atoms with E-state index in [1.807, 2.05) is 6.07 Å². The molecule has 0 aliphatic heterocycles. The smallest absolute Gasteiger partial charge is 0.182 e. The molecule has 1 N–H and O–H groups in total. The standard InChI is InChI=1S/C13H7BrClFN2S/c14-8-5-4-7(15)6-11(8)18-10-3-1-2-9(16)12(10)17-13(18)19/h1-6H,(H,17,19). The lowest BCUT2D eigenvalue weighted by molar-refractivity contribution is 0.637. The van der Waals surface area contributed by atoms with Crippen molar-refractivity contribution in [2.75, 3.05) is 0 Å². The molecule has 0 atom stereocenters. The van der Waals surface area contributed by atoms with Gasteiger partial charge < -0.3 is 4.98 Å². The minimum atomic E-state index is -0.333. The van der Waals surface area contributed by atoms with Crippen molar-refractivity contribution in [3.05, 3.63) is 56.5 Å². The lowest BCUT2D eigenvalue weighted by Gasteiger charge is -2.07. The second-order valence-electron chi connectivity index (χ2n) is 4.00. The Labute approximate surface area is 127 Å². The molecule has 96 valence electrons. The molecule has 3 rings (SSSR count). The first-order valence-electron chi connectivity index (χ1n) is 5.42. The predicted octanol–water partition coefficient (Wildman–Crippen LogP) is 5.24. The average molecular weight is 358 g/mol. The molecule has 0 saturated carbocycles. The van der Waals surface area contributed by atoms with Gasteiger partial charge in [0.05, 0.1) is 11.2 Å². The molecular formula is C13H7BrClFN2S. The Bertz CT molecular complexity index is 840. The number of H-pyrrole nitrogens is 1. The van der Waals surface area contributed by atoms with E-state index in [0.29, 0.717) is 20.8 Å². The molecule has 0 aliphatic carbocycles. The van der Waals surface area contributed by atoms with Crippen LogP contribution < -0.4 is 0 Å². The van der Waals surface area contributed by atoms with Crippen LogP contribution in [0.4, 0.5) is 4.39 Å². The summed E-state index contributed by atoms with van der Waals surface area (Å²) in [5, 5.41) is 0.589. The fraction of sp³-hybridized carbons (Fsp3) is 0. The van der Waals surface area contributed by atoms with Gasteiger partial charge in [-0.25, -0.2) is 4.39 Å². The summed E-state index contributed by atoms with van der Waals surface area (Å²) in [6.45, 7) is 0. The molecular weight excluding hydrogens is 351 g/mol. The molecule has 2 nitrogen and oxygen atoms in total. The Morgan fingerprint density at radius 3 is 2.84 bits per heavy atom. The first-order valence-corrected chi connectivity index (χ1v) is 7.00. The molecule has 0 fully saturated rings. The number of hydrogen-bond donors (Lipinski definition) is 1. The molecule has 6 heteroatoms. The lowest BCUT2D eigenvalue weighted by Crippen LogP contribution is -1.95. The fourth-order valence-electron chi connectivity index (χ4n) is 1.99. The van der Waals surface area contributed by atoms with Crippen molar-refractivity contribution >= 4 is 50.8 Å². The average Bonchev–Trinajstić information content (AvgIpc) is 2.70. The normalized spacial score (nSPS) is 11.1. The number of imidazole rings is 1. The van der Waals surface area contributed by atoms with Crippen molar-refractivity contribution in [2.24, 2.45) is 0 Å². The number of para-hydroxylation sites is 1. The van der Waals surface area contributed by atoms with Crippen LogP contribution in [0.1, 0.15) is 0 Å². The lowest BCUT2D eigenvalue weighted by atomic mass is 10.2. The molecule has 19 heavy (non-hydrogen) atoms. The zero-order valence-electron chi connectivity index (χ0n) is 9.45. The van der Waals surface area contributed by atoms with Crippen LogP contribution in [0, 0.1) is 10.6 Å². The van der Waals surface area contributed by atoms with E-state index >= 15 is 0 Å². The van der Waals surface area contributed by atoms with Crippen molar-refractivity contribution in [2.45, 2.75) is 0 Å². The number of benzene rings is 2. The molecule has 0 saturated heterocycles. The number of nitrogens with zero attached hydrogens (tertiary/aromatic N) is 1. The van der Waals surface area contributed by atoms with Crippen LogP contribution in [0.25, 0.3) is 16.7 Å². The molecule has 0 spiro atoms. The van der Waals surface area contributed by atoms with Crippen molar-refractivity contribution in [3.8, 4) is 5.69 Å². The van der Waals surface area contributed by atoms with E-state index in [1.165, 1.54) is 6.07 Å². The maximum Gasteiger partial charge on any atom is 0.182 e. The summed E-state index contributed by atoms with van der Waals surface area (Å²) in [6.07, 6.45) is 0. The third-order valence-corrected chi connectivity index (χ3v) is 4.01. The molecule has 0 unspecified atom stereocenters. The number of aromatic amines is 1. The Balaban J connectivity index is 2.43. The Morgan fingerprint density at radius 1 is 1.26 bits per heavy atom. The van der Waals surface area contributed by atoms with E-state index in [0.717, 1.165) is 10.2 Å². The third kappa shape index (κ3) is 2.12. The highest BCUT2D eigenvalue weighted by Gasteiger charge is 2.12. The Kier molecular flexibility index (Phi) is 3.20. The summed E-state index contributed by atoms with van der Waals surface area (Å²) < 4.78 is 16.8. The molecule has 0 aliphatic rings. The van der Waals surface area contributed by atoms with E-state index in [9.17, 15) is 4.39 Å². The van der Waals surface area contributed by atoms with Crippen molar-refractivity contribution < 1.29 is 4.39 Å². The summed E-state index contributed by atoms with van der Waals surface area (Å²) in [5.74, 6) is -0.333. The summed E-state index contributed by atoms with van der Waals surface area (Å²) >= 11 is 14.7. The quantitative estimate of drug-likeness (QED) is 0.590. The monoisotopic (exact) mass is 356 g/mol. The molecule has 0 bridgehead atoms. The largest absolute Gasteiger partial charge is 0.328 e. The number of aromatic nitrogens is 2. The van der Waals surface area contributed by atoms with Crippen LogP contribution in [0.15, 0.2) is 40.9 Å². The SMILES string of the molecule is Fc1cccc2c1[nH]c(=S)n2-c1cc(Cl)ccc1Br. The van der Waals surface area contributed by atoms with Gasteiger partial charge in [0.25, 0.3) is 0 Å². The number of rotatable bonds is 1. The Morgan fingerprint density at radius 2 is 2.05 bits per heavy atom. The van der Waals surface area contributed by atoms with Gasteiger partial charge in [0.2, 0.25) is 0 Å². The van der Waals surface area contributed by atoms with E-state index in [1.54, 1.807) is 28.8 Å². The molecule has 0 amide bonds. The summed E-state index contributed by atoms with van der Waals surface area (Å²) in [7, 11) is 0. The van der Waals surface area contributed by atoms with Gasteiger partial charge in [-0.05, 0) is 58.5 Å². The van der Waals surface area contributed by atoms with Crippen LogP contribution in [-0.4, -0.2) is 9.55 Å². The van der Waals surface area contributed by atoms with Gasteiger partial charge in [0.15, 0.2) is 4.77 Å². The summed E-state index contributed by atoms with van der Waals surface area (Å²) in [5.41, 5.74) is 1.83. The van der Waals surface area contributed by atoms with Gasteiger partial charge in [-0.2, -0.15) is 0 Å². The predicted molar refractivity (Wildman–Crippen MR) is 81.1 cm³/mol. The van der Waals surface area contributed by atoms with Crippen LogP contribution in [0.5, 0.6) is 0 Å². The van der Waals surface area contributed by atoms with Gasteiger partial charge in [0, 0.05) is 9.50 Å². The number of hydrogen-bond acceptors (Lipinski definition) is 1. The molecule has 2 aromatic carbocycles. The third-order valence-electron chi connectivity index (χ3n) is 2.82. The zero-order chi connectivity index (χ0) is 13.6. The van der Waals surface area contributed by atoms with Crippen molar-refractivity contribution in [1.82, 2.24) is 9.55 Å². The van der Waals surface area contributed by atoms with Gasteiger partial charge in [-0.1, -0.05) is 17.7 Å². The maximum atomic E-state index is 13.7. The van der Waals surface area contributed by atoms with E-state index in [2.05, 4.69) is 20.9 Å². The second-order valence-corrected chi connectivity index (χ2v) is 5.67. The molecule has 0 radical (unpaired) electrons. The van der Waals surface area contributed by atoms with Gasteiger partial charge in [-0.3, -0.25) is 4.57 Å². The van der Waals surface area contributed by atoms with Gasteiger partial charge >= 0.3 is 0 Å². The molecule has 3 aromatic rings. The summed E-state index contributed by atoms with van der Waals surface area (Å²) in [4.78, 5) is 2.88. The summed E-state index contributed by atoms with van der Waals surface area (Å²) in [6, 6.07) is 10.2. The minimum absolute atomic E-state index is 0.333. The van der Waals surface area contributed by atoms with Gasteiger partial charge in [-0.15, -0.1) is 0 Å². The minimum Gasteiger partial charge on any atom is -0.328 e. The fourth-order valence-corrected chi connectivity index (χ4v) is 2.88. The van der Waals surface area contributed by atoms with Crippen LogP contribution in [0.3, 0.4) is 0 Å². The second kappa shape index (κ2) is 4.74. The first kappa shape index (κ1) is 12.8. The number of nitrogens with one attached hydrogen (secondary N) is 1. The first-order chi connectivity index (χ1) is 9.08. The van der Waals surface area contributed by atoms with E-state index < -0.39 is 0 Å². The number of halogens is 3. The Hall–Kier alpha value is -1.17. The van der Waals surface area contributed by atoms with E-state index in [4.69, 9.17) is 23.8 Å². The maximum absolute atomic E-state index is 13.7. The van der Waals surface area contributed by atoms with Crippen LogP contribution in [-0.2, 0) is 0 Å². The van der Waals surface area contributed by atoms with Crippen molar-refractivity contribution in [3.63, 3.8) is 0 Å². The molecule has 1 heterocycles. The van der Waals surface area contributed by atoms with Crippen molar-refractivity contribution in [1.29, 1.82) is 0 Å². The highest BCUT2D eigenvalue weighted by Crippen LogP contribution is 2.29. The topological polar surface area (TPSA) is 20.7 Å². The van der Waals surface area contributed by atoms with E-state index in [-0.39, 0.29) is 5.82 Å². The highest BCUT2D eigenvalue weighted by atomic mass is 79.9. The van der Waals surface area contributed by atoms with Crippen LogP contribution in [0.2, 0.25) is 5.02 Å².